The number of rotatable bonds is 4. The second kappa shape index (κ2) is 8.11. The number of furan rings is 1. The molecule has 5 rings (SSSR count). The Bertz CT molecular complexity index is 1460. The summed E-state index contributed by atoms with van der Waals surface area (Å²) < 4.78 is 5.98. The second-order valence-electron chi connectivity index (χ2n) is 10.2. The van der Waals surface area contributed by atoms with E-state index in [2.05, 4.69) is 92.0 Å². The van der Waals surface area contributed by atoms with Crippen molar-refractivity contribution in [3.05, 3.63) is 78.4 Å². The van der Waals surface area contributed by atoms with Crippen molar-refractivity contribution < 1.29 is 4.42 Å². The summed E-state index contributed by atoms with van der Waals surface area (Å²) in [5.74, 6) is 0.534. The molecular formula is C29H29N3O. The first kappa shape index (κ1) is 21.3. The van der Waals surface area contributed by atoms with Gasteiger partial charge in [0.1, 0.15) is 11.8 Å². The summed E-state index contributed by atoms with van der Waals surface area (Å²) in [4.78, 5) is 13.8. The van der Waals surface area contributed by atoms with Gasteiger partial charge in [0.2, 0.25) is 0 Å². The van der Waals surface area contributed by atoms with Gasteiger partial charge in [-0.05, 0) is 58.4 Å². The number of pyridine rings is 1. The van der Waals surface area contributed by atoms with Crippen molar-refractivity contribution in [2.75, 3.05) is 0 Å². The van der Waals surface area contributed by atoms with Crippen LogP contribution in [0.2, 0.25) is 0 Å². The van der Waals surface area contributed by atoms with E-state index >= 15 is 0 Å². The molecule has 0 fully saturated rings. The van der Waals surface area contributed by atoms with Gasteiger partial charge >= 0.3 is 0 Å². The Hall–Kier alpha value is -3.53. The van der Waals surface area contributed by atoms with Crippen LogP contribution >= 0.6 is 0 Å². The molecule has 5 aromatic rings. The average Bonchev–Trinajstić information content (AvgIpc) is 3.20. The van der Waals surface area contributed by atoms with Gasteiger partial charge in [0.25, 0.3) is 0 Å². The van der Waals surface area contributed by atoms with Gasteiger partial charge in [-0.15, -0.1) is 0 Å². The van der Waals surface area contributed by atoms with Crippen molar-refractivity contribution in [3.63, 3.8) is 0 Å². The van der Waals surface area contributed by atoms with Gasteiger partial charge in [-0.1, -0.05) is 58.9 Å². The Labute approximate surface area is 194 Å². The summed E-state index contributed by atoms with van der Waals surface area (Å²) in [5, 5.41) is 2.50. The lowest BCUT2D eigenvalue weighted by Gasteiger charge is -2.22. The van der Waals surface area contributed by atoms with Crippen molar-refractivity contribution >= 4 is 21.9 Å². The predicted molar refractivity (Wildman–Crippen MR) is 135 cm³/mol. The van der Waals surface area contributed by atoms with E-state index in [1.54, 1.807) is 6.33 Å². The lowest BCUT2D eigenvalue weighted by atomic mass is 9.82. The largest absolute Gasteiger partial charge is 0.462 e. The van der Waals surface area contributed by atoms with Gasteiger partial charge in [0, 0.05) is 22.9 Å². The summed E-state index contributed by atoms with van der Waals surface area (Å²) in [6.45, 7) is 11.2. The third-order valence-corrected chi connectivity index (χ3v) is 6.06. The minimum atomic E-state index is 0.0176. The molecule has 0 atom stereocenters. The van der Waals surface area contributed by atoms with Gasteiger partial charge in [-0.25, -0.2) is 9.97 Å². The summed E-state index contributed by atoms with van der Waals surface area (Å²) in [6.07, 6.45) is 6.25. The zero-order valence-electron chi connectivity index (χ0n) is 19.9. The fourth-order valence-corrected chi connectivity index (χ4v) is 4.51. The Morgan fingerprint density at radius 2 is 1.70 bits per heavy atom. The van der Waals surface area contributed by atoms with Crippen molar-refractivity contribution in [1.82, 2.24) is 15.0 Å². The van der Waals surface area contributed by atoms with E-state index in [0.717, 1.165) is 45.6 Å². The lowest BCUT2D eigenvalue weighted by Crippen LogP contribution is -2.12. The standard InChI is InChI=1S/C29H29N3O/c1-18(2)12-21-16-33-28-23(10-11-30-27(21)28)26-15-25(31-17-32-26)20-13-19-8-6-7-9-22(19)24(14-20)29(3,4)5/h6-11,13-18H,12H2,1-5H3. The van der Waals surface area contributed by atoms with E-state index in [1.807, 2.05) is 18.5 Å². The maximum atomic E-state index is 5.98. The third-order valence-electron chi connectivity index (χ3n) is 6.06. The highest BCUT2D eigenvalue weighted by Crippen LogP contribution is 2.36. The van der Waals surface area contributed by atoms with Crippen LogP contribution in [0.15, 0.2) is 71.7 Å². The Balaban J connectivity index is 1.64. The van der Waals surface area contributed by atoms with E-state index in [4.69, 9.17) is 4.42 Å². The normalized spacial score (nSPS) is 12.2. The topological polar surface area (TPSA) is 51.8 Å². The molecule has 0 bridgehead atoms. The summed E-state index contributed by atoms with van der Waals surface area (Å²) in [7, 11) is 0. The van der Waals surface area contributed by atoms with Crippen LogP contribution in [0.25, 0.3) is 44.4 Å². The van der Waals surface area contributed by atoms with Crippen molar-refractivity contribution in [2.24, 2.45) is 5.92 Å². The van der Waals surface area contributed by atoms with Crippen LogP contribution in [0.5, 0.6) is 0 Å². The molecule has 0 aliphatic carbocycles. The SMILES string of the molecule is CC(C)Cc1coc2c(-c3cc(-c4cc(C(C)(C)C)c5ccccc5c4)ncn3)ccnc12. The Morgan fingerprint density at radius 1 is 0.909 bits per heavy atom. The number of fused-ring (bicyclic) bond motifs is 2. The summed E-state index contributed by atoms with van der Waals surface area (Å²) >= 11 is 0. The third kappa shape index (κ3) is 4.02. The fraction of sp³-hybridized carbons (Fsp3) is 0.276. The maximum absolute atomic E-state index is 5.98. The molecule has 3 aromatic heterocycles. The average molecular weight is 436 g/mol. The minimum absolute atomic E-state index is 0.0176. The van der Waals surface area contributed by atoms with E-state index in [9.17, 15) is 0 Å². The highest BCUT2D eigenvalue weighted by molar-refractivity contribution is 5.93. The van der Waals surface area contributed by atoms with E-state index in [-0.39, 0.29) is 5.41 Å². The molecule has 0 N–H and O–H groups in total. The van der Waals surface area contributed by atoms with Crippen molar-refractivity contribution in [3.8, 4) is 22.5 Å². The maximum Gasteiger partial charge on any atom is 0.161 e. The van der Waals surface area contributed by atoms with E-state index in [0.29, 0.717) is 5.92 Å². The zero-order valence-corrected chi connectivity index (χ0v) is 19.9. The minimum Gasteiger partial charge on any atom is -0.462 e. The molecule has 166 valence electrons. The molecule has 0 unspecified atom stereocenters. The second-order valence-corrected chi connectivity index (χ2v) is 10.2. The molecule has 0 aliphatic rings. The highest BCUT2D eigenvalue weighted by atomic mass is 16.3. The Kier molecular flexibility index (Phi) is 5.24. The van der Waals surface area contributed by atoms with Crippen molar-refractivity contribution in [2.45, 2.75) is 46.5 Å². The Morgan fingerprint density at radius 3 is 2.48 bits per heavy atom. The summed E-state index contributed by atoms with van der Waals surface area (Å²) in [6, 6.07) is 17.1. The monoisotopic (exact) mass is 435 g/mol. The van der Waals surface area contributed by atoms with Gasteiger partial charge in [-0.2, -0.15) is 0 Å². The first-order valence-corrected chi connectivity index (χ1v) is 11.5. The van der Waals surface area contributed by atoms with Crippen LogP contribution in [-0.2, 0) is 11.8 Å². The molecule has 0 aliphatic heterocycles. The number of aromatic nitrogens is 3. The first-order chi connectivity index (χ1) is 15.8. The first-order valence-electron chi connectivity index (χ1n) is 11.5. The van der Waals surface area contributed by atoms with E-state index in [1.165, 1.54) is 16.3 Å². The quantitative estimate of drug-likeness (QED) is 0.292. The molecule has 0 radical (unpaired) electrons. The number of hydrogen-bond acceptors (Lipinski definition) is 4. The van der Waals surface area contributed by atoms with Crippen LogP contribution in [0.4, 0.5) is 0 Å². The lowest BCUT2D eigenvalue weighted by molar-refractivity contribution is 0.594. The number of benzene rings is 2. The fourth-order valence-electron chi connectivity index (χ4n) is 4.51. The molecule has 2 aromatic carbocycles. The van der Waals surface area contributed by atoms with Gasteiger partial charge < -0.3 is 4.42 Å². The molecule has 4 nitrogen and oxygen atoms in total. The molecular weight excluding hydrogens is 406 g/mol. The zero-order chi connectivity index (χ0) is 23.2. The van der Waals surface area contributed by atoms with Crippen molar-refractivity contribution in [1.29, 1.82) is 0 Å². The predicted octanol–water partition coefficient (Wildman–Crippen LogP) is 7.60. The molecule has 0 amide bonds. The smallest absolute Gasteiger partial charge is 0.161 e. The number of nitrogens with zero attached hydrogens (tertiary/aromatic N) is 3. The van der Waals surface area contributed by atoms with Crippen LogP contribution in [0.3, 0.4) is 0 Å². The van der Waals surface area contributed by atoms with Crippen LogP contribution in [0.1, 0.15) is 45.7 Å². The molecule has 0 spiro atoms. The molecule has 3 heterocycles. The number of hydrogen-bond donors (Lipinski definition) is 0. The van der Waals surface area contributed by atoms with E-state index < -0.39 is 0 Å². The molecule has 0 saturated carbocycles. The van der Waals surface area contributed by atoms with Crippen LogP contribution in [0, 0.1) is 5.92 Å². The van der Waals surface area contributed by atoms with Gasteiger partial charge in [-0.3, -0.25) is 4.98 Å². The van der Waals surface area contributed by atoms with Gasteiger partial charge in [0.15, 0.2) is 5.58 Å². The van der Waals surface area contributed by atoms with Crippen LogP contribution < -0.4 is 0 Å². The van der Waals surface area contributed by atoms with Gasteiger partial charge in [0.05, 0.1) is 17.7 Å². The summed E-state index contributed by atoms with van der Waals surface area (Å²) in [5.41, 5.74) is 7.94. The molecule has 0 saturated heterocycles. The molecule has 4 heteroatoms. The molecule has 33 heavy (non-hydrogen) atoms. The highest BCUT2D eigenvalue weighted by Gasteiger charge is 2.19. The van der Waals surface area contributed by atoms with Crippen LogP contribution in [-0.4, -0.2) is 15.0 Å².